The predicted octanol–water partition coefficient (Wildman–Crippen LogP) is 6.12. The second-order valence-electron chi connectivity index (χ2n) is 6.12. The van der Waals surface area contributed by atoms with Crippen LogP contribution >= 0.6 is 0 Å². The summed E-state index contributed by atoms with van der Waals surface area (Å²) in [5.41, 5.74) is 2.86. The Morgan fingerprint density at radius 1 is 0.913 bits per heavy atom. The summed E-state index contributed by atoms with van der Waals surface area (Å²) in [7, 11) is 0. The van der Waals surface area contributed by atoms with Gasteiger partial charge in [-0.2, -0.15) is 0 Å². The fourth-order valence-electron chi connectivity index (χ4n) is 2.85. The van der Waals surface area contributed by atoms with Crippen LogP contribution in [0.2, 0.25) is 0 Å². The number of diazo groups is 1. The summed E-state index contributed by atoms with van der Waals surface area (Å²) in [4.78, 5) is 5.56. The highest BCUT2D eigenvalue weighted by Crippen LogP contribution is 2.33. The molecule has 0 unspecified atom stereocenters. The third-order valence-electron chi connectivity index (χ3n) is 3.88. The molecule has 0 aliphatic heterocycles. The highest BCUT2D eigenvalue weighted by molar-refractivity contribution is 5.96. The van der Waals surface area contributed by atoms with E-state index < -0.39 is 0 Å². The van der Waals surface area contributed by atoms with Gasteiger partial charge >= 0.3 is 5.69 Å². The van der Waals surface area contributed by atoms with Gasteiger partial charge in [-0.25, -0.2) is 0 Å². The van der Waals surface area contributed by atoms with Crippen molar-refractivity contribution in [2.24, 2.45) is 5.92 Å². The Balaban J connectivity index is 2.12. The van der Waals surface area contributed by atoms with Gasteiger partial charge in [-0.3, -0.25) is 0 Å². The summed E-state index contributed by atoms with van der Waals surface area (Å²) in [6.07, 6.45) is 0. The molecule has 23 heavy (non-hydrogen) atoms. The minimum absolute atomic E-state index is 0.524. The van der Waals surface area contributed by atoms with E-state index in [1.165, 1.54) is 16.5 Å². The molecule has 0 aromatic heterocycles. The molecular formula is C20H20N3+. The predicted molar refractivity (Wildman–Crippen MR) is 97.0 cm³/mol. The van der Waals surface area contributed by atoms with Gasteiger partial charge in [0.25, 0.3) is 0 Å². The minimum Gasteiger partial charge on any atom is -0.341 e. The first-order chi connectivity index (χ1) is 11.2. The van der Waals surface area contributed by atoms with Crippen LogP contribution in [0.25, 0.3) is 15.7 Å². The van der Waals surface area contributed by atoms with Crippen LogP contribution < -0.4 is 4.90 Å². The van der Waals surface area contributed by atoms with Crippen LogP contribution in [-0.2, 0) is 0 Å². The average molecular weight is 302 g/mol. The number of hydrogen-bond acceptors (Lipinski definition) is 2. The molecule has 0 radical (unpaired) electrons. The summed E-state index contributed by atoms with van der Waals surface area (Å²) in [6, 6.07) is 22.5. The number of fused-ring (bicyclic) bond motifs is 1. The van der Waals surface area contributed by atoms with E-state index in [2.05, 4.69) is 66.2 Å². The maximum absolute atomic E-state index is 8.88. The van der Waals surface area contributed by atoms with Gasteiger partial charge < -0.3 is 4.90 Å². The number of nitrogens with zero attached hydrogens (tertiary/aromatic N) is 3. The van der Waals surface area contributed by atoms with Gasteiger partial charge in [0.1, 0.15) is 0 Å². The van der Waals surface area contributed by atoms with Gasteiger partial charge in [0.2, 0.25) is 5.39 Å². The zero-order valence-electron chi connectivity index (χ0n) is 13.5. The van der Waals surface area contributed by atoms with Crippen LogP contribution in [-0.4, -0.2) is 6.54 Å². The van der Waals surface area contributed by atoms with Crippen LogP contribution in [0.5, 0.6) is 0 Å². The molecule has 0 bridgehead atoms. The molecule has 0 saturated heterocycles. The summed E-state index contributed by atoms with van der Waals surface area (Å²) in [6.45, 7) is 5.36. The quantitative estimate of drug-likeness (QED) is 0.544. The van der Waals surface area contributed by atoms with Gasteiger partial charge in [0.15, 0.2) is 4.98 Å². The van der Waals surface area contributed by atoms with Crippen molar-refractivity contribution in [1.82, 2.24) is 0 Å². The molecular weight excluding hydrogens is 282 g/mol. The van der Waals surface area contributed by atoms with Crippen LogP contribution in [0.3, 0.4) is 0 Å². The lowest BCUT2D eigenvalue weighted by atomic mass is 10.1. The highest BCUT2D eigenvalue weighted by Gasteiger charge is 2.15. The van der Waals surface area contributed by atoms with Gasteiger partial charge in [-0.15, -0.1) is 0 Å². The molecule has 0 spiro atoms. The SMILES string of the molecule is CC(C)CN(c1ccc([N+]#N)cc1)c1cccc2ccccc12. The summed E-state index contributed by atoms with van der Waals surface area (Å²) < 4.78 is 0. The number of anilines is 2. The monoisotopic (exact) mass is 302 g/mol. The molecule has 0 fully saturated rings. The molecule has 3 aromatic carbocycles. The van der Waals surface area contributed by atoms with Gasteiger partial charge in [-0.05, 0) is 29.5 Å². The lowest BCUT2D eigenvalue weighted by molar-refractivity contribution is 0.652. The van der Waals surface area contributed by atoms with Crippen molar-refractivity contribution in [3.63, 3.8) is 0 Å². The second kappa shape index (κ2) is 6.50. The van der Waals surface area contributed by atoms with E-state index in [4.69, 9.17) is 5.39 Å². The molecule has 0 heterocycles. The van der Waals surface area contributed by atoms with Crippen molar-refractivity contribution in [2.75, 3.05) is 11.4 Å². The standard InChI is InChI=1S/C20H20N3/c1-15(2)14-23(18-12-10-17(22-21)11-13-18)20-9-5-7-16-6-3-4-8-19(16)20/h3-13,15H,14H2,1-2H3/q+1. The largest absolute Gasteiger partial charge is 0.385 e. The van der Waals surface area contributed by atoms with Crippen molar-refractivity contribution >= 4 is 27.8 Å². The first kappa shape index (κ1) is 15.1. The fourth-order valence-corrected chi connectivity index (χ4v) is 2.85. The maximum atomic E-state index is 8.88. The van der Waals surface area contributed by atoms with Gasteiger partial charge in [0.05, 0.1) is 0 Å². The number of benzene rings is 3. The zero-order valence-corrected chi connectivity index (χ0v) is 13.5. The molecule has 0 amide bonds. The van der Waals surface area contributed by atoms with Crippen molar-refractivity contribution in [3.8, 4) is 0 Å². The van der Waals surface area contributed by atoms with Gasteiger partial charge in [0, 0.05) is 35.4 Å². The highest BCUT2D eigenvalue weighted by atomic mass is 15.1. The molecule has 0 saturated carbocycles. The second-order valence-corrected chi connectivity index (χ2v) is 6.12. The minimum atomic E-state index is 0.524. The van der Waals surface area contributed by atoms with Crippen LogP contribution in [0.4, 0.5) is 17.1 Å². The third-order valence-corrected chi connectivity index (χ3v) is 3.88. The topological polar surface area (TPSA) is 31.4 Å². The molecule has 3 rings (SSSR count). The van der Waals surface area contributed by atoms with Crippen molar-refractivity contribution in [1.29, 1.82) is 5.39 Å². The van der Waals surface area contributed by atoms with Crippen LogP contribution in [0, 0.1) is 11.3 Å². The molecule has 0 N–H and O–H groups in total. The molecule has 114 valence electrons. The number of rotatable bonds is 4. The van der Waals surface area contributed by atoms with E-state index in [0.29, 0.717) is 11.6 Å². The first-order valence-corrected chi connectivity index (χ1v) is 7.89. The Labute approximate surface area is 136 Å². The lowest BCUT2D eigenvalue weighted by Gasteiger charge is -2.28. The van der Waals surface area contributed by atoms with Gasteiger partial charge in [-0.1, -0.05) is 50.2 Å². The van der Waals surface area contributed by atoms with E-state index in [1.54, 1.807) is 0 Å². The van der Waals surface area contributed by atoms with Crippen LogP contribution in [0.1, 0.15) is 13.8 Å². The van der Waals surface area contributed by atoms with Crippen molar-refractivity contribution in [3.05, 3.63) is 71.7 Å². The lowest BCUT2D eigenvalue weighted by Crippen LogP contribution is -2.22. The molecule has 3 nitrogen and oxygen atoms in total. The van der Waals surface area contributed by atoms with Crippen LogP contribution in [0.15, 0.2) is 66.7 Å². The Morgan fingerprint density at radius 3 is 2.30 bits per heavy atom. The molecule has 0 aliphatic rings. The Kier molecular flexibility index (Phi) is 4.25. The fraction of sp³-hybridized carbons (Fsp3) is 0.200. The molecule has 0 aliphatic carbocycles. The average Bonchev–Trinajstić information content (AvgIpc) is 2.59. The third kappa shape index (κ3) is 3.17. The normalized spacial score (nSPS) is 10.7. The maximum Gasteiger partial charge on any atom is 0.385 e. The van der Waals surface area contributed by atoms with E-state index in [9.17, 15) is 0 Å². The van der Waals surface area contributed by atoms with Crippen molar-refractivity contribution < 1.29 is 0 Å². The Hall–Kier alpha value is -2.86. The first-order valence-electron chi connectivity index (χ1n) is 7.89. The summed E-state index contributed by atoms with van der Waals surface area (Å²) in [5.74, 6) is 0.524. The zero-order chi connectivity index (χ0) is 16.2. The summed E-state index contributed by atoms with van der Waals surface area (Å²) >= 11 is 0. The van der Waals surface area contributed by atoms with Crippen molar-refractivity contribution in [2.45, 2.75) is 13.8 Å². The Bertz CT molecular complexity index is 839. The Morgan fingerprint density at radius 2 is 1.61 bits per heavy atom. The van der Waals surface area contributed by atoms with E-state index in [-0.39, 0.29) is 0 Å². The molecule has 0 atom stereocenters. The van der Waals surface area contributed by atoms with E-state index in [1.807, 2.05) is 24.3 Å². The number of hydrogen-bond donors (Lipinski definition) is 0. The van der Waals surface area contributed by atoms with E-state index >= 15 is 0 Å². The van der Waals surface area contributed by atoms with E-state index in [0.717, 1.165) is 12.2 Å². The molecule has 3 aromatic rings. The summed E-state index contributed by atoms with van der Waals surface area (Å²) in [5, 5.41) is 11.4. The smallest absolute Gasteiger partial charge is 0.341 e. The molecule has 3 heteroatoms.